The molecule has 0 fully saturated rings. The number of imidazole rings is 1. The summed E-state index contributed by atoms with van der Waals surface area (Å²) in [5.74, 6) is -1.55. The lowest BCUT2D eigenvalue weighted by Gasteiger charge is -2.09. The van der Waals surface area contributed by atoms with Gasteiger partial charge in [-0.3, -0.25) is 18.7 Å². The first-order valence-electron chi connectivity index (χ1n) is 9.89. The summed E-state index contributed by atoms with van der Waals surface area (Å²) >= 11 is 0. The number of hydrogen-bond donors (Lipinski definition) is 1. The number of methoxy groups -OCH3 is 1. The first-order chi connectivity index (χ1) is 15.3. The monoisotopic (exact) mass is 438 g/mol. The number of halogens is 1. The number of ketones is 1. The minimum atomic E-state index is -1.16. The average molecular weight is 438 g/mol. The molecule has 0 saturated heterocycles. The van der Waals surface area contributed by atoms with Gasteiger partial charge in [-0.2, -0.15) is 0 Å². The first kappa shape index (κ1) is 22.9. The van der Waals surface area contributed by atoms with Crippen molar-refractivity contribution in [3.8, 4) is 16.9 Å². The van der Waals surface area contributed by atoms with Gasteiger partial charge in [0.1, 0.15) is 18.0 Å². The van der Waals surface area contributed by atoms with Crippen LogP contribution in [0.5, 0.6) is 0 Å². The number of benzene rings is 2. The Morgan fingerprint density at radius 1 is 1.12 bits per heavy atom. The van der Waals surface area contributed by atoms with Gasteiger partial charge in [-0.25, -0.2) is 9.18 Å². The molecule has 0 saturated carbocycles. The quantitative estimate of drug-likeness (QED) is 0.431. The number of ether oxygens (including phenoxy) is 1. The van der Waals surface area contributed by atoms with Crippen molar-refractivity contribution in [1.29, 1.82) is 0 Å². The molecule has 2 aromatic carbocycles. The van der Waals surface area contributed by atoms with Crippen LogP contribution < -0.4 is 5.69 Å². The Hall–Kier alpha value is -3.78. The van der Waals surface area contributed by atoms with E-state index in [4.69, 9.17) is 0 Å². The summed E-state index contributed by atoms with van der Waals surface area (Å²) in [7, 11) is 2.77. The van der Waals surface area contributed by atoms with E-state index in [1.165, 1.54) is 40.5 Å². The zero-order valence-electron chi connectivity index (χ0n) is 17.7. The second-order valence-electron chi connectivity index (χ2n) is 7.18. The molecule has 0 aliphatic heterocycles. The van der Waals surface area contributed by atoms with Crippen LogP contribution in [0.25, 0.3) is 23.0 Å². The number of aliphatic hydroxyl groups excluding tert-OH is 1. The van der Waals surface area contributed by atoms with Crippen LogP contribution >= 0.6 is 0 Å². The highest BCUT2D eigenvalue weighted by atomic mass is 19.1. The lowest BCUT2D eigenvalue weighted by molar-refractivity contribution is -0.143. The van der Waals surface area contributed by atoms with Crippen LogP contribution in [0, 0.1) is 5.82 Å². The van der Waals surface area contributed by atoms with Crippen LogP contribution in [0.3, 0.4) is 0 Å². The average Bonchev–Trinajstić information content (AvgIpc) is 3.03. The Kier molecular flexibility index (Phi) is 7.17. The molecule has 0 spiro atoms. The molecule has 8 heteroatoms. The minimum Gasteiger partial charge on any atom is -0.469 e. The van der Waals surface area contributed by atoms with Gasteiger partial charge in [0.25, 0.3) is 0 Å². The fourth-order valence-corrected chi connectivity index (χ4v) is 3.32. The molecular weight excluding hydrogens is 415 g/mol. The molecule has 1 N–H and O–H groups in total. The fourth-order valence-electron chi connectivity index (χ4n) is 3.32. The van der Waals surface area contributed by atoms with Crippen LogP contribution in [-0.4, -0.2) is 39.2 Å². The molecule has 0 amide bonds. The molecule has 3 aromatic rings. The van der Waals surface area contributed by atoms with Crippen LogP contribution in [0.4, 0.5) is 4.39 Å². The molecule has 166 valence electrons. The number of aromatic nitrogens is 2. The number of esters is 1. The van der Waals surface area contributed by atoms with Gasteiger partial charge in [0, 0.05) is 19.0 Å². The van der Waals surface area contributed by atoms with Crippen LogP contribution in [0.1, 0.15) is 18.5 Å². The standard InChI is InChI=1S/C24H23FN2O5/c1-26-21(13-12-19(28)14-20(29)15-22(30)32-2)23(16-8-10-17(25)11-9-16)27(24(26)31)18-6-4-3-5-7-18/h3-13,19,28H,14-15H2,1-2H3. The molecule has 0 bridgehead atoms. The Morgan fingerprint density at radius 3 is 2.41 bits per heavy atom. The third-order valence-corrected chi connectivity index (χ3v) is 4.92. The summed E-state index contributed by atoms with van der Waals surface area (Å²) in [6.07, 6.45) is 1.06. The lowest BCUT2D eigenvalue weighted by atomic mass is 10.1. The number of hydrogen-bond acceptors (Lipinski definition) is 5. The molecule has 0 radical (unpaired) electrons. The minimum absolute atomic E-state index is 0.273. The number of nitrogens with zero attached hydrogens (tertiary/aromatic N) is 2. The maximum absolute atomic E-state index is 13.5. The third-order valence-electron chi connectivity index (χ3n) is 4.92. The summed E-state index contributed by atoms with van der Waals surface area (Å²) in [4.78, 5) is 36.2. The van der Waals surface area contributed by atoms with Crippen molar-refractivity contribution in [2.24, 2.45) is 7.05 Å². The van der Waals surface area contributed by atoms with E-state index in [0.717, 1.165) is 0 Å². The summed E-state index contributed by atoms with van der Waals surface area (Å²) in [5, 5.41) is 10.2. The van der Waals surface area contributed by atoms with Gasteiger partial charge >= 0.3 is 11.7 Å². The van der Waals surface area contributed by atoms with Crippen LogP contribution in [-0.2, 0) is 21.4 Å². The van der Waals surface area contributed by atoms with Crippen molar-refractivity contribution in [2.75, 3.05) is 7.11 Å². The zero-order chi connectivity index (χ0) is 23.3. The van der Waals surface area contributed by atoms with Crippen molar-refractivity contribution in [2.45, 2.75) is 18.9 Å². The molecule has 0 aliphatic rings. The molecule has 0 aliphatic carbocycles. The van der Waals surface area contributed by atoms with E-state index in [1.54, 1.807) is 43.4 Å². The Balaban J connectivity index is 2.03. The van der Waals surface area contributed by atoms with Crippen LogP contribution in [0.15, 0.2) is 65.5 Å². The number of Topliss-reactive ketones (excluding diaryl/α,β-unsaturated/α-hetero) is 1. The second-order valence-corrected chi connectivity index (χ2v) is 7.18. The Bertz CT molecular complexity index is 1190. The third kappa shape index (κ3) is 5.09. The summed E-state index contributed by atoms with van der Waals surface area (Å²) in [6, 6.07) is 14.7. The number of carbonyl (C=O) groups excluding carboxylic acids is 2. The number of rotatable bonds is 8. The predicted octanol–water partition coefficient (Wildman–Crippen LogP) is 2.88. The van der Waals surface area contributed by atoms with Gasteiger partial charge in [0.05, 0.1) is 30.3 Å². The van der Waals surface area contributed by atoms with Crippen molar-refractivity contribution < 1.29 is 23.8 Å². The second kappa shape index (κ2) is 10.0. The molecule has 32 heavy (non-hydrogen) atoms. The van der Waals surface area contributed by atoms with E-state index in [2.05, 4.69) is 4.74 Å². The molecule has 1 aromatic heterocycles. The van der Waals surface area contributed by atoms with E-state index >= 15 is 0 Å². The van der Waals surface area contributed by atoms with Crippen molar-refractivity contribution in [3.63, 3.8) is 0 Å². The Labute approximate surface area is 184 Å². The normalized spacial score (nSPS) is 12.1. The van der Waals surface area contributed by atoms with Gasteiger partial charge in [-0.15, -0.1) is 0 Å². The lowest BCUT2D eigenvalue weighted by Crippen LogP contribution is -2.21. The maximum atomic E-state index is 13.5. The molecular formula is C24H23FN2O5. The van der Waals surface area contributed by atoms with E-state index in [0.29, 0.717) is 22.6 Å². The molecule has 1 atom stereocenters. The van der Waals surface area contributed by atoms with Gasteiger partial charge < -0.3 is 9.84 Å². The number of carbonyl (C=O) groups is 2. The van der Waals surface area contributed by atoms with E-state index in [9.17, 15) is 23.9 Å². The van der Waals surface area contributed by atoms with E-state index < -0.39 is 30.1 Å². The largest absolute Gasteiger partial charge is 0.469 e. The van der Waals surface area contributed by atoms with E-state index in [1.807, 2.05) is 6.07 Å². The first-order valence-corrected chi connectivity index (χ1v) is 9.89. The fraction of sp³-hybridized carbons (Fsp3) is 0.208. The van der Waals surface area contributed by atoms with Crippen molar-refractivity contribution >= 4 is 17.8 Å². The maximum Gasteiger partial charge on any atom is 0.333 e. The molecule has 3 rings (SSSR count). The summed E-state index contributed by atoms with van der Waals surface area (Å²) < 4.78 is 20.9. The van der Waals surface area contributed by atoms with Gasteiger partial charge in [0.15, 0.2) is 0 Å². The highest BCUT2D eigenvalue weighted by molar-refractivity contribution is 5.95. The molecule has 1 unspecified atom stereocenters. The summed E-state index contributed by atoms with van der Waals surface area (Å²) in [6.45, 7) is 0. The SMILES string of the molecule is COC(=O)CC(=O)CC(O)C=Cc1c(-c2ccc(F)cc2)n(-c2ccccc2)c(=O)n1C. The summed E-state index contributed by atoms with van der Waals surface area (Å²) in [5.41, 5.74) is 1.87. The number of para-hydroxylation sites is 1. The van der Waals surface area contributed by atoms with Crippen LogP contribution in [0.2, 0.25) is 0 Å². The van der Waals surface area contributed by atoms with Crippen molar-refractivity contribution in [3.05, 3.63) is 82.7 Å². The Morgan fingerprint density at radius 2 is 1.78 bits per heavy atom. The van der Waals surface area contributed by atoms with Crippen molar-refractivity contribution in [1.82, 2.24) is 9.13 Å². The zero-order valence-corrected chi connectivity index (χ0v) is 17.7. The van der Waals surface area contributed by atoms with Gasteiger partial charge in [-0.1, -0.05) is 24.3 Å². The smallest absolute Gasteiger partial charge is 0.333 e. The molecule has 7 nitrogen and oxygen atoms in total. The number of aliphatic hydroxyl groups is 1. The topological polar surface area (TPSA) is 90.5 Å². The van der Waals surface area contributed by atoms with E-state index in [-0.39, 0.29) is 12.1 Å². The molecule has 1 heterocycles. The van der Waals surface area contributed by atoms with Gasteiger partial charge in [0.2, 0.25) is 0 Å². The van der Waals surface area contributed by atoms with Gasteiger partial charge in [-0.05, 0) is 42.5 Å². The highest BCUT2D eigenvalue weighted by Crippen LogP contribution is 2.27. The predicted molar refractivity (Wildman–Crippen MR) is 118 cm³/mol. The highest BCUT2D eigenvalue weighted by Gasteiger charge is 2.20.